The SMILES string of the molecule is C=CC(=O)N(C)C1CCCN(c2cnccc2-c2ccc(CNC(=O)c3coc(C(C)(C)C)n3)c(C)c2)C1. The molecule has 1 aromatic carbocycles. The van der Waals surface area contributed by atoms with E-state index in [-0.39, 0.29) is 29.0 Å². The van der Waals surface area contributed by atoms with Crippen molar-refractivity contribution in [2.75, 3.05) is 25.0 Å². The minimum atomic E-state index is -0.260. The van der Waals surface area contributed by atoms with Crippen LogP contribution < -0.4 is 10.2 Å². The van der Waals surface area contributed by atoms with E-state index in [4.69, 9.17) is 4.42 Å². The Bertz CT molecular complexity index is 1320. The Balaban J connectivity index is 1.48. The number of piperidine rings is 1. The van der Waals surface area contributed by atoms with Crippen LogP contribution in [0.2, 0.25) is 0 Å². The van der Waals surface area contributed by atoms with Crippen molar-refractivity contribution in [2.45, 2.75) is 58.5 Å². The Hall–Kier alpha value is -3.94. The molecule has 1 saturated heterocycles. The molecular weight excluding hydrogens is 478 g/mol. The van der Waals surface area contributed by atoms with Gasteiger partial charge in [0.2, 0.25) is 5.91 Å². The van der Waals surface area contributed by atoms with E-state index < -0.39 is 0 Å². The third-order valence-corrected chi connectivity index (χ3v) is 7.08. The van der Waals surface area contributed by atoms with Crippen molar-refractivity contribution in [1.29, 1.82) is 0 Å². The van der Waals surface area contributed by atoms with E-state index in [1.165, 1.54) is 12.3 Å². The van der Waals surface area contributed by atoms with Gasteiger partial charge in [-0.05, 0) is 48.6 Å². The van der Waals surface area contributed by atoms with Gasteiger partial charge in [0, 0.05) is 49.9 Å². The van der Waals surface area contributed by atoms with Gasteiger partial charge in [-0.15, -0.1) is 0 Å². The number of anilines is 1. The molecule has 0 spiro atoms. The van der Waals surface area contributed by atoms with Gasteiger partial charge < -0.3 is 19.5 Å². The molecule has 1 aliphatic rings. The van der Waals surface area contributed by atoms with Crippen molar-refractivity contribution < 1.29 is 14.0 Å². The average molecular weight is 516 g/mol. The van der Waals surface area contributed by atoms with Crippen LogP contribution in [0.1, 0.15) is 61.1 Å². The second-order valence-electron chi connectivity index (χ2n) is 10.9. The first-order chi connectivity index (χ1) is 18.1. The summed E-state index contributed by atoms with van der Waals surface area (Å²) in [5.74, 6) is 0.221. The predicted molar refractivity (Wildman–Crippen MR) is 149 cm³/mol. The lowest BCUT2D eigenvalue weighted by Gasteiger charge is -2.39. The molecule has 2 aromatic heterocycles. The van der Waals surface area contributed by atoms with Crippen LogP contribution in [-0.2, 0) is 16.8 Å². The largest absolute Gasteiger partial charge is 0.448 e. The molecule has 0 radical (unpaired) electrons. The van der Waals surface area contributed by atoms with E-state index in [0.29, 0.717) is 12.4 Å². The summed E-state index contributed by atoms with van der Waals surface area (Å²) in [6, 6.07) is 8.43. The monoisotopic (exact) mass is 515 g/mol. The van der Waals surface area contributed by atoms with Gasteiger partial charge in [-0.1, -0.05) is 45.5 Å². The number of nitrogens with one attached hydrogen (secondary N) is 1. The lowest BCUT2D eigenvalue weighted by Crippen LogP contribution is -2.48. The average Bonchev–Trinajstić information content (AvgIpc) is 3.43. The van der Waals surface area contributed by atoms with Crippen LogP contribution in [0.5, 0.6) is 0 Å². The Morgan fingerprint density at radius 2 is 2.08 bits per heavy atom. The maximum absolute atomic E-state index is 12.6. The Morgan fingerprint density at radius 1 is 1.29 bits per heavy atom. The Kier molecular flexibility index (Phi) is 7.99. The molecule has 38 heavy (non-hydrogen) atoms. The minimum absolute atomic E-state index is 0.0558. The van der Waals surface area contributed by atoms with Gasteiger partial charge in [-0.2, -0.15) is 0 Å². The van der Waals surface area contributed by atoms with E-state index in [9.17, 15) is 9.59 Å². The van der Waals surface area contributed by atoms with Crippen LogP contribution in [0.3, 0.4) is 0 Å². The lowest BCUT2D eigenvalue weighted by atomic mass is 9.97. The highest BCUT2D eigenvalue weighted by molar-refractivity contribution is 5.92. The Morgan fingerprint density at radius 3 is 2.76 bits per heavy atom. The first kappa shape index (κ1) is 27.1. The number of carbonyl (C=O) groups is 2. The fourth-order valence-electron chi connectivity index (χ4n) is 4.75. The van der Waals surface area contributed by atoms with Gasteiger partial charge in [0.15, 0.2) is 11.6 Å². The van der Waals surface area contributed by atoms with E-state index in [0.717, 1.165) is 53.9 Å². The van der Waals surface area contributed by atoms with Crippen LogP contribution in [0.4, 0.5) is 5.69 Å². The van der Waals surface area contributed by atoms with Crippen molar-refractivity contribution in [3.8, 4) is 11.1 Å². The predicted octanol–water partition coefficient (Wildman–Crippen LogP) is 4.89. The van der Waals surface area contributed by atoms with Crippen LogP contribution in [-0.4, -0.2) is 52.9 Å². The number of nitrogens with zero attached hydrogens (tertiary/aromatic N) is 4. The molecule has 8 nitrogen and oxygen atoms in total. The molecule has 1 N–H and O–H groups in total. The maximum atomic E-state index is 12.6. The summed E-state index contributed by atoms with van der Waals surface area (Å²) in [5, 5.41) is 2.95. The fourth-order valence-corrected chi connectivity index (χ4v) is 4.75. The first-order valence-electron chi connectivity index (χ1n) is 13.0. The number of hydrogen-bond acceptors (Lipinski definition) is 6. The number of likely N-dealkylation sites (N-methyl/N-ethyl adjacent to an activating group) is 1. The van der Waals surface area contributed by atoms with E-state index >= 15 is 0 Å². The van der Waals surface area contributed by atoms with Crippen LogP contribution in [0.25, 0.3) is 11.1 Å². The molecule has 1 aliphatic heterocycles. The summed E-state index contributed by atoms with van der Waals surface area (Å²) in [7, 11) is 1.84. The normalized spacial score (nSPS) is 15.7. The number of hydrogen-bond donors (Lipinski definition) is 1. The number of aromatic nitrogens is 2. The van der Waals surface area contributed by atoms with Crippen molar-refractivity contribution >= 4 is 17.5 Å². The fraction of sp³-hybridized carbons (Fsp3) is 0.400. The third-order valence-electron chi connectivity index (χ3n) is 7.08. The molecule has 1 fully saturated rings. The third kappa shape index (κ3) is 5.96. The molecule has 3 aromatic rings. The highest BCUT2D eigenvalue weighted by Crippen LogP contribution is 2.33. The molecule has 0 aliphatic carbocycles. The number of aryl methyl sites for hydroxylation is 1. The van der Waals surface area contributed by atoms with Gasteiger partial charge in [0.1, 0.15) is 6.26 Å². The molecular formula is C30H37N5O3. The highest BCUT2D eigenvalue weighted by Gasteiger charge is 2.27. The van der Waals surface area contributed by atoms with Crippen molar-refractivity contribution in [3.63, 3.8) is 0 Å². The number of carbonyl (C=O) groups excluding carboxylic acids is 2. The van der Waals surface area contributed by atoms with E-state index in [2.05, 4.69) is 38.9 Å². The molecule has 1 atom stereocenters. The minimum Gasteiger partial charge on any atom is -0.448 e. The summed E-state index contributed by atoms with van der Waals surface area (Å²) >= 11 is 0. The molecule has 200 valence electrons. The Labute approximate surface area is 224 Å². The van der Waals surface area contributed by atoms with Gasteiger partial charge in [-0.25, -0.2) is 4.98 Å². The zero-order valence-electron chi connectivity index (χ0n) is 23.0. The van der Waals surface area contributed by atoms with E-state index in [1.807, 2.05) is 53.1 Å². The summed E-state index contributed by atoms with van der Waals surface area (Å²) in [4.78, 5) is 37.6. The molecule has 2 amide bonds. The van der Waals surface area contributed by atoms with Crippen LogP contribution >= 0.6 is 0 Å². The van der Waals surface area contributed by atoms with Gasteiger partial charge in [0.25, 0.3) is 5.91 Å². The van der Waals surface area contributed by atoms with Gasteiger partial charge in [-0.3, -0.25) is 14.6 Å². The van der Waals surface area contributed by atoms with Crippen LogP contribution in [0.15, 0.2) is 60.0 Å². The van der Waals surface area contributed by atoms with Crippen molar-refractivity contribution in [1.82, 2.24) is 20.2 Å². The lowest BCUT2D eigenvalue weighted by molar-refractivity contribution is -0.126. The summed E-state index contributed by atoms with van der Waals surface area (Å²) in [6.07, 6.45) is 8.45. The summed E-state index contributed by atoms with van der Waals surface area (Å²) in [5.41, 5.74) is 5.36. The smallest absolute Gasteiger partial charge is 0.273 e. The zero-order chi connectivity index (χ0) is 27.4. The molecule has 0 saturated carbocycles. The second kappa shape index (κ2) is 11.2. The number of amides is 2. The number of benzene rings is 1. The number of rotatable bonds is 7. The summed E-state index contributed by atoms with van der Waals surface area (Å²) in [6.45, 7) is 13.7. The number of pyridine rings is 1. The molecule has 1 unspecified atom stereocenters. The van der Waals surface area contributed by atoms with Crippen LogP contribution in [0, 0.1) is 6.92 Å². The zero-order valence-corrected chi connectivity index (χ0v) is 23.0. The molecule has 3 heterocycles. The topological polar surface area (TPSA) is 91.6 Å². The number of oxazole rings is 1. The quantitative estimate of drug-likeness (QED) is 0.451. The standard InChI is InChI=1S/C30H37N5O3/c1-7-27(36)34(6)23-9-8-14-35(18-23)26-17-31-13-12-24(26)21-10-11-22(20(2)15-21)16-32-28(37)25-19-38-29(33-25)30(3,4)5/h7,10-13,15,17,19,23H,1,8-9,14,16,18H2,2-6H3,(H,32,37). The molecule has 0 bridgehead atoms. The van der Waals surface area contributed by atoms with Crippen molar-refractivity contribution in [3.05, 3.63) is 78.3 Å². The van der Waals surface area contributed by atoms with Crippen molar-refractivity contribution in [2.24, 2.45) is 0 Å². The second-order valence-corrected chi connectivity index (χ2v) is 10.9. The van der Waals surface area contributed by atoms with Gasteiger partial charge >= 0.3 is 0 Å². The summed E-state index contributed by atoms with van der Waals surface area (Å²) < 4.78 is 5.48. The molecule has 4 rings (SSSR count). The van der Waals surface area contributed by atoms with Gasteiger partial charge in [0.05, 0.1) is 11.9 Å². The maximum Gasteiger partial charge on any atom is 0.273 e. The highest BCUT2D eigenvalue weighted by atomic mass is 16.3. The van der Waals surface area contributed by atoms with E-state index in [1.54, 1.807) is 11.1 Å². The molecule has 8 heteroatoms. The first-order valence-corrected chi connectivity index (χ1v) is 13.0.